The molecule has 0 aromatic carbocycles. The molecule has 1 aliphatic carbocycles. The molecule has 5 heteroatoms. The molecule has 0 bridgehead atoms. The van der Waals surface area contributed by atoms with Crippen LogP contribution in [0.1, 0.15) is 38.5 Å². The first-order chi connectivity index (χ1) is 7.55. The van der Waals surface area contributed by atoms with E-state index in [0.717, 1.165) is 38.5 Å². The second kappa shape index (κ2) is 5.02. The van der Waals surface area contributed by atoms with Gasteiger partial charge in [-0.25, -0.2) is 8.42 Å². The van der Waals surface area contributed by atoms with Crippen molar-refractivity contribution >= 4 is 9.84 Å². The van der Waals surface area contributed by atoms with Crippen LogP contribution in [-0.4, -0.2) is 38.0 Å². The van der Waals surface area contributed by atoms with Crippen molar-refractivity contribution in [1.82, 2.24) is 5.32 Å². The summed E-state index contributed by atoms with van der Waals surface area (Å²) in [6, 6.07) is 1.35. The molecule has 16 heavy (non-hydrogen) atoms. The summed E-state index contributed by atoms with van der Waals surface area (Å²) >= 11 is 0. The zero-order valence-electron chi connectivity index (χ0n) is 9.69. The van der Waals surface area contributed by atoms with Crippen LogP contribution in [0, 0.1) is 0 Å². The Balaban J connectivity index is 1.75. The molecule has 1 aliphatic heterocycles. The Kier molecular flexibility index (Phi) is 3.87. The largest absolute Gasteiger partial charge is 0.328 e. The van der Waals surface area contributed by atoms with E-state index in [2.05, 4.69) is 5.32 Å². The van der Waals surface area contributed by atoms with Crippen molar-refractivity contribution in [3.05, 3.63) is 0 Å². The van der Waals surface area contributed by atoms with Crippen molar-refractivity contribution < 1.29 is 8.42 Å². The maximum absolute atomic E-state index is 11.3. The molecular weight excluding hydrogens is 224 g/mol. The van der Waals surface area contributed by atoms with E-state index in [1.165, 1.54) is 0 Å². The van der Waals surface area contributed by atoms with E-state index in [-0.39, 0.29) is 0 Å². The molecule has 1 heterocycles. The topological polar surface area (TPSA) is 72.2 Å². The van der Waals surface area contributed by atoms with Crippen molar-refractivity contribution in [2.45, 2.75) is 56.7 Å². The first-order valence-corrected chi connectivity index (χ1v) is 8.09. The van der Waals surface area contributed by atoms with E-state index in [1.807, 2.05) is 0 Å². The van der Waals surface area contributed by atoms with Crippen LogP contribution < -0.4 is 11.1 Å². The highest BCUT2D eigenvalue weighted by atomic mass is 32.2. The molecule has 0 amide bonds. The molecule has 0 aromatic rings. The maximum atomic E-state index is 11.3. The molecule has 2 fully saturated rings. The zero-order chi connectivity index (χ0) is 11.6. The fraction of sp³-hybridized carbons (Fsp3) is 1.00. The highest BCUT2D eigenvalue weighted by Gasteiger charge is 2.26. The Bertz CT molecular complexity index is 307. The minimum absolute atomic E-state index is 0.358. The fourth-order valence-corrected chi connectivity index (χ4v) is 4.17. The number of nitrogens with one attached hydrogen (secondary N) is 1. The van der Waals surface area contributed by atoms with E-state index in [4.69, 9.17) is 5.73 Å². The quantitative estimate of drug-likeness (QED) is 0.741. The lowest BCUT2D eigenvalue weighted by Gasteiger charge is -2.32. The molecule has 1 saturated carbocycles. The Morgan fingerprint density at radius 3 is 1.94 bits per heavy atom. The van der Waals surface area contributed by atoms with Gasteiger partial charge in [0.05, 0.1) is 11.5 Å². The van der Waals surface area contributed by atoms with Gasteiger partial charge in [-0.3, -0.25) is 0 Å². The van der Waals surface area contributed by atoms with E-state index in [1.54, 1.807) is 0 Å². The molecule has 0 radical (unpaired) electrons. The van der Waals surface area contributed by atoms with E-state index >= 15 is 0 Å². The van der Waals surface area contributed by atoms with E-state index < -0.39 is 9.84 Å². The monoisotopic (exact) mass is 246 g/mol. The summed E-state index contributed by atoms with van der Waals surface area (Å²) in [6.45, 7) is 0. The van der Waals surface area contributed by atoms with E-state index in [0.29, 0.717) is 29.6 Å². The van der Waals surface area contributed by atoms with Crippen LogP contribution in [0.2, 0.25) is 0 Å². The van der Waals surface area contributed by atoms with Gasteiger partial charge in [0, 0.05) is 18.1 Å². The van der Waals surface area contributed by atoms with Crippen molar-refractivity contribution in [2.24, 2.45) is 5.73 Å². The molecule has 4 nitrogen and oxygen atoms in total. The van der Waals surface area contributed by atoms with Crippen LogP contribution in [0.25, 0.3) is 0 Å². The van der Waals surface area contributed by atoms with Crippen molar-refractivity contribution in [3.63, 3.8) is 0 Å². The SMILES string of the molecule is NC1CCC(NC2CCS(=O)(=O)CC2)CC1. The van der Waals surface area contributed by atoms with Crippen LogP contribution in [0.5, 0.6) is 0 Å². The van der Waals surface area contributed by atoms with Gasteiger partial charge in [-0.05, 0) is 38.5 Å². The minimum atomic E-state index is -2.73. The third-order valence-corrected chi connectivity index (χ3v) is 5.51. The van der Waals surface area contributed by atoms with Crippen molar-refractivity contribution in [3.8, 4) is 0 Å². The summed E-state index contributed by atoms with van der Waals surface area (Å²) in [4.78, 5) is 0. The third-order valence-electron chi connectivity index (χ3n) is 3.80. The summed E-state index contributed by atoms with van der Waals surface area (Å²) < 4.78 is 22.6. The fourth-order valence-electron chi connectivity index (χ4n) is 2.68. The number of hydrogen-bond acceptors (Lipinski definition) is 4. The second-order valence-electron chi connectivity index (χ2n) is 5.20. The van der Waals surface area contributed by atoms with Crippen molar-refractivity contribution in [2.75, 3.05) is 11.5 Å². The maximum Gasteiger partial charge on any atom is 0.150 e. The number of hydrogen-bond donors (Lipinski definition) is 2. The van der Waals surface area contributed by atoms with E-state index in [9.17, 15) is 8.42 Å². The van der Waals surface area contributed by atoms with Gasteiger partial charge in [0.15, 0.2) is 0 Å². The zero-order valence-corrected chi connectivity index (χ0v) is 10.5. The first kappa shape index (κ1) is 12.3. The molecule has 3 N–H and O–H groups in total. The third kappa shape index (κ3) is 3.43. The standard InChI is InChI=1S/C11H22N2O2S/c12-9-1-3-10(4-2-9)13-11-5-7-16(14,15)8-6-11/h9-11,13H,1-8,12H2. The number of sulfone groups is 1. The highest BCUT2D eigenvalue weighted by molar-refractivity contribution is 7.91. The van der Waals surface area contributed by atoms with Gasteiger partial charge in [0.1, 0.15) is 9.84 Å². The molecule has 0 spiro atoms. The summed E-state index contributed by atoms with van der Waals surface area (Å²) in [5.41, 5.74) is 5.86. The molecule has 2 rings (SSSR count). The van der Waals surface area contributed by atoms with Crippen LogP contribution in [0.15, 0.2) is 0 Å². The van der Waals surface area contributed by atoms with Crippen molar-refractivity contribution in [1.29, 1.82) is 0 Å². The minimum Gasteiger partial charge on any atom is -0.328 e. The first-order valence-electron chi connectivity index (χ1n) is 6.27. The average Bonchev–Trinajstić information content (AvgIpc) is 2.24. The average molecular weight is 246 g/mol. The lowest BCUT2D eigenvalue weighted by atomic mass is 9.91. The predicted molar refractivity (Wildman–Crippen MR) is 65.0 cm³/mol. The molecule has 0 unspecified atom stereocenters. The smallest absolute Gasteiger partial charge is 0.150 e. The lowest BCUT2D eigenvalue weighted by Crippen LogP contribution is -2.45. The second-order valence-corrected chi connectivity index (χ2v) is 7.51. The Morgan fingerprint density at radius 1 is 0.875 bits per heavy atom. The van der Waals surface area contributed by atoms with Gasteiger partial charge in [-0.2, -0.15) is 0 Å². The van der Waals surface area contributed by atoms with Gasteiger partial charge in [-0.1, -0.05) is 0 Å². The van der Waals surface area contributed by atoms with Crippen LogP contribution in [0.3, 0.4) is 0 Å². The Morgan fingerprint density at radius 2 is 1.38 bits per heavy atom. The molecular formula is C11H22N2O2S. The predicted octanol–water partition coefficient (Wildman–Crippen LogP) is 0.423. The molecule has 0 atom stereocenters. The number of nitrogens with two attached hydrogens (primary N) is 1. The normalized spacial score (nSPS) is 36.1. The summed E-state index contributed by atoms with van der Waals surface area (Å²) in [5, 5.41) is 3.60. The van der Waals surface area contributed by atoms with Crippen LogP contribution >= 0.6 is 0 Å². The highest BCUT2D eigenvalue weighted by Crippen LogP contribution is 2.20. The molecule has 94 valence electrons. The summed E-state index contributed by atoms with van der Waals surface area (Å²) in [6.07, 6.45) is 6.05. The van der Waals surface area contributed by atoms with Gasteiger partial charge in [0.2, 0.25) is 0 Å². The van der Waals surface area contributed by atoms with Crippen LogP contribution in [-0.2, 0) is 9.84 Å². The Labute approximate surface area is 97.9 Å². The van der Waals surface area contributed by atoms with Gasteiger partial charge in [-0.15, -0.1) is 0 Å². The lowest BCUT2D eigenvalue weighted by molar-refractivity contribution is 0.304. The van der Waals surface area contributed by atoms with Gasteiger partial charge in [0.25, 0.3) is 0 Å². The summed E-state index contributed by atoms with van der Waals surface area (Å²) in [5.74, 6) is 0.716. The van der Waals surface area contributed by atoms with Gasteiger partial charge < -0.3 is 11.1 Å². The molecule has 1 saturated heterocycles. The van der Waals surface area contributed by atoms with Crippen LogP contribution in [0.4, 0.5) is 0 Å². The molecule has 2 aliphatic rings. The molecule has 0 aromatic heterocycles. The Hall–Kier alpha value is -0.130. The van der Waals surface area contributed by atoms with Gasteiger partial charge >= 0.3 is 0 Å². The summed E-state index contributed by atoms with van der Waals surface area (Å²) in [7, 11) is -2.73. The number of rotatable bonds is 2.